The molecule has 0 aliphatic carbocycles. The van der Waals surface area contributed by atoms with Gasteiger partial charge in [0.05, 0.1) is 23.1 Å². The van der Waals surface area contributed by atoms with Crippen molar-refractivity contribution in [2.75, 3.05) is 0 Å². The SMILES string of the molecule is C=CCn1c(S[C@H](C)C#N)nnc1-c1ccoc1C. The minimum Gasteiger partial charge on any atom is -0.469 e. The molecule has 6 heteroatoms. The van der Waals surface area contributed by atoms with E-state index < -0.39 is 0 Å². The van der Waals surface area contributed by atoms with E-state index in [2.05, 4.69) is 22.8 Å². The highest BCUT2D eigenvalue weighted by Gasteiger charge is 2.18. The Morgan fingerprint density at radius 3 is 3.00 bits per heavy atom. The smallest absolute Gasteiger partial charge is 0.193 e. The van der Waals surface area contributed by atoms with Crippen molar-refractivity contribution in [3.05, 3.63) is 30.7 Å². The molecule has 0 saturated heterocycles. The van der Waals surface area contributed by atoms with Crippen LogP contribution in [0.4, 0.5) is 0 Å². The molecule has 0 N–H and O–H groups in total. The van der Waals surface area contributed by atoms with Crippen LogP contribution < -0.4 is 0 Å². The van der Waals surface area contributed by atoms with Crippen LogP contribution in [-0.2, 0) is 6.54 Å². The van der Waals surface area contributed by atoms with Gasteiger partial charge < -0.3 is 4.42 Å². The maximum Gasteiger partial charge on any atom is 0.193 e. The van der Waals surface area contributed by atoms with Gasteiger partial charge in [0, 0.05) is 6.54 Å². The van der Waals surface area contributed by atoms with E-state index in [4.69, 9.17) is 9.68 Å². The summed E-state index contributed by atoms with van der Waals surface area (Å²) in [7, 11) is 0. The number of furan rings is 1. The van der Waals surface area contributed by atoms with Crippen molar-refractivity contribution in [2.45, 2.75) is 30.8 Å². The summed E-state index contributed by atoms with van der Waals surface area (Å²) in [5, 5.41) is 17.8. The predicted molar refractivity (Wildman–Crippen MR) is 73.6 cm³/mol. The van der Waals surface area contributed by atoms with Gasteiger partial charge in [0.2, 0.25) is 0 Å². The molecule has 0 aliphatic heterocycles. The van der Waals surface area contributed by atoms with E-state index in [-0.39, 0.29) is 5.25 Å². The minimum atomic E-state index is -0.175. The first kappa shape index (κ1) is 13.4. The van der Waals surface area contributed by atoms with Gasteiger partial charge in [-0.25, -0.2) is 0 Å². The number of rotatable bonds is 5. The summed E-state index contributed by atoms with van der Waals surface area (Å²) in [5.74, 6) is 1.53. The predicted octanol–water partition coefficient (Wildman–Crippen LogP) is 3.04. The second-order valence-electron chi connectivity index (χ2n) is 3.99. The number of aromatic nitrogens is 3. The van der Waals surface area contributed by atoms with Gasteiger partial charge >= 0.3 is 0 Å². The molecule has 19 heavy (non-hydrogen) atoms. The van der Waals surface area contributed by atoms with E-state index in [1.807, 2.05) is 24.5 Å². The average molecular weight is 274 g/mol. The molecule has 0 fully saturated rings. The number of allylic oxidation sites excluding steroid dienone is 1. The number of hydrogen-bond acceptors (Lipinski definition) is 5. The van der Waals surface area contributed by atoms with Crippen molar-refractivity contribution in [2.24, 2.45) is 0 Å². The summed E-state index contributed by atoms with van der Waals surface area (Å²) in [6.45, 7) is 8.05. The largest absolute Gasteiger partial charge is 0.469 e. The van der Waals surface area contributed by atoms with E-state index in [0.29, 0.717) is 11.7 Å². The lowest BCUT2D eigenvalue weighted by molar-refractivity contribution is 0.534. The molecular formula is C13H14N4OS. The van der Waals surface area contributed by atoms with Gasteiger partial charge in [0.1, 0.15) is 5.76 Å². The normalized spacial score (nSPS) is 12.1. The van der Waals surface area contributed by atoms with Crippen LogP contribution in [0.5, 0.6) is 0 Å². The van der Waals surface area contributed by atoms with Gasteiger partial charge in [-0.05, 0) is 19.9 Å². The molecule has 2 rings (SSSR count). The van der Waals surface area contributed by atoms with Gasteiger partial charge in [-0.2, -0.15) is 5.26 Å². The number of thioether (sulfide) groups is 1. The first-order valence-electron chi connectivity index (χ1n) is 5.82. The summed E-state index contributed by atoms with van der Waals surface area (Å²) in [4.78, 5) is 0. The molecular weight excluding hydrogens is 260 g/mol. The third-order valence-electron chi connectivity index (χ3n) is 2.59. The fourth-order valence-corrected chi connectivity index (χ4v) is 2.42. The molecule has 2 aromatic rings. The van der Waals surface area contributed by atoms with Crippen LogP contribution in [0.2, 0.25) is 0 Å². The molecule has 0 saturated carbocycles. The van der Waals surface area contributed by atoms with E-state index in [0.717, 1.165) is 17.1 Å². The second kappa shape index (κ2) is 5.76. The third kappa shape index (κ3) is 2.71. The van der Waals surface area contributed by atoms with Crippen molar-refractivity contribution >= 4 is 11.8 Å². The average Bonchev–Trinajstić information content (AvgIpc) is 2.97. The van der Waals surface area contributed by atoms with Gasteiger partial charge in [-0.3, -0.25) is 4.57 Å². The first-order chi connectivity index (χ1) is 9.17. The fraction of sp³-hybridized carbons (Fsp3) is 0.308. The van der Waals surface area contributed by atoms with Crippen molar-refractivity contribution in [1.29, 1.82) is 5.26 Å². The fourth-order valence-electron chi connectivity index (χ4n) is 1.67. The Labute approximate surface area is 115 Å². The molecule has 1 atom stereocenters. The van der Waals surface area contributed by atoms with Crippen LogP contribution in [0.3, 0.4) is 0 Å². The van der Waals surface area contributed by atoms with Crippen molar-refractivity contribution in [3.63, 3.8) is 0 Å². The Kier molecular flexibility index (Phi) is 4.07. The van der Waals surface area contributed by atoms with Crippen LogP contribution in [0.25, 0.3) is 11.4 Å². The summed E-state index contributed by atoms with van der Waals surface area (Å²) in [6.07, 6.45) is 3.41. The zero-order chi connectivity index (χ0) is 13.8. The standard InChI is InChI=1S/C13H14N4OS/c1-4-6-17-12(11-5-7-18-10(11)3)15-16-13(17)19-9(2)8-14/h4-5,7,9H,1,6H2,2-3H3/t9-/m1/s1. The lowest BCUT2D eigenvalue weighted by Crippen LogP contribution is -2.02. The van der Waals surface area contributed by atoms with E-state index >= 15 is 0 Å². The van der Waals surface area contributed by atoms with E-state index in [1.165, 1.54) is 11.8 Å². The Hall–Kier alpha value is -2.00. The zero-order valence-corrected chi connectivity index (χ0v) is 11.6. The summed E-state index contributed by atoms with van der Waals surface area (Å²) < 4.78 is 7.23. The number of nitriles is 1. The summed E-state index contributed by atoms with van der Waals surface area (Å²) in [6, 6.07) is 4.04. The van der Waals surface area contributed by atoms with Crippen LogP contribution >= 0.6 is 11.8 Å². The van der Waals surface area contributed by atoms with Gasteiger partial charge in [0.15, 0.2) is 11.0 Å². The Bertz CT molecular complexity index is 623. The molecule has 2 heterocycles. The lowest BCUT2D eigenvalue weighted by Gasteiger charge is -2.07. The summed E-state index contributed by atoms with van der Waals surface area (Å²) >= 11 is 1.38. The van der Waals surface area contributed by atoms with Gasteiger partial charge in [-0.15, -0.1) is 16.8 Å². The molecule has 0 radical (unpaired) electrons. The van der Waals surface area contributed by atoms with Crippen LogP contribution in [0, 0.1) is 18.3 Å². The van der Waals surface area contributed by atoms with E-state index in [9.17, 15) is 0 Å². The highest BCUT2D eigenvalue weighted by atomic mass is 32.2. The van der Waals surface area contributed by atoms with Crippen molar-refractivity contribution in [3.8, 4) is 17.5 Å². The summed E-state index contributed by atoms with van der Waals surface area (Å²) in [5.41, 5.74) is 0.908. The molecule has 0 aromatic carbocycles. The minimum absolute atomic E-state index is 0.175. The molecule has 0 aliphatic rings. The second-order valence-corrected chi connectivity index (χ2v) is 5.29. The number of hydrogen-bond donors (Lipinski definition) is 0. The highest BCUT2D eigenvalue weighted by Crippen LogP contribution is 2.28. The molecule has 2 aromatic heterocycles. The van der Waals surface area contributed by atoms with Crippen molar-refractivity contribution < 1.29 is 4.42 Å². The van der Waals surface area contributed by atoms with Gasteiger partial charge in [0.25, 0.3) is 0 Å². The highest BCUT2D eigenvalue weighted by molar-refractivity contribution is 8.00. The molecule has 0 spiro atoms. The number of nitrogens with zero attached hydrogens (tertiary/aromatic N) is 4. The lowest BCUT2D eigenvalue weighted by atomic mass is 10.2. The number of aryl methyl sites for hydroxylation is 1. The van der Waals surface area contributed by atoms with Crippen LogP contribution in [0.1, 0.15) is 12.7 Å². The molecule has 5 nitrogen and oxygen atoms in total. The third-order valence-corrected chi connectivity index (χ3v) is 3.56. The monoisotopic (exact) mass is 274 g/mol. The maximum absolute atomic E-state index is 8.89. The Balaban J connectivity index is 2.43. The first-order valence-corrected chi connectivity index (χ1v) is 6.70. The Morgan fingerprint density at radius 1 is 1.63 bits per heavy atom. The molecule has 0 bridgehead atoms. The van der Waals surface area contributed by atoms with Crippen LogP contribution in [0.15, 0.2) is 34.6 Å². The van der Waals surface area contributed by atoms with E-state index in [1.54, 1.807) is 12.3 Å². The molecule has 98 valence electrons. The molecule has 0 unspecified atom stereocenters. The topological polar surface area (TPSA) is 67.6 Å². The van der Waals surface area contributed by atoms with Crippen LogP contribution in [-0.4, -0.2) is 20.0 Å². The maximum atomic E-state index is 8.89. The van der Waals surface area contributed by atoms with Gasteiger partial charge in [-0.1, -0.05) is 17.8 Å². The Morgan fingerprint density at radius 2 is 2.42 bits per heavy atom. The molecule has 0 amide bonds. The van der Waals surface area contributed by atoms with Crippen molar-refractivity contribution in [1.82, 2.24) is 14.8 Å². The quantitative estimate of drug-likeness (QED) is 0.619. The zero-order valence-electron chi connectivity index (χ0n) is 10.8.